The number of nitrogens with one attached hydrogen (secondary N) is 1. The van der Waals surface area contributed by atoms with Crippen molar-refractivity contribution in [1.82, 2.24) is 9.71 Å². The van der Waals surface area contributed by atoms with Crippen molar-refractivity contribution in [3.63, 3.8) is 0 Å². The average molecular weight is 261 g/mol. The van der Waals surface area contributed by atoms with Gasteiger partial charge in [-0.3, -0.25) is 0 Å². The standard InChI is InChI=1S/C9H15N3O2S2/c1-6-8(15-9(10)12-6)16(13,14)11-5-7-3-2-4-7/h7,11H,2-5H2,1H3,(H2,10,12). The van der Waals surface area contributed by atoms with Crippen molar-refractivity contribution in [2.45, 2.75) is 30.4 Å². The molecule has 0 saturated heterocycles. The zero-order valence-corrected chi connectivity index (χ0v) is 10.7. The summed E-state index contributed by atoms with van der Waals surface area (Å²) in [7, 11) is -3.42. The SMILES string of the molecule is Cc1nc(N)sc1S(=O)(=O)NCC1CCC1. The summed E-state index contributed by atoms with van der Waals surface area (Å²) in [6.07, 6.45) is 3.44. The Labute approximate surface area is 99.1 Å². The van der Waals surface area contributed by atoms with E-state index in [1.807, 2.05) is 0 Å². The molecule has 1 aliphatic rings. The lowest BCUT2D eigenvalue weighted by molar-refractivity contribution is 0.316. The van der Waals surface area contributed by atoms with E-state index in [0.717, 1.165) is 24.2 Å². The first-order chi connectivity index (χ1) is 7.49. The van der Waals surface area contributed by atoms with E-state index in [0.29, 0.717) is 23.3 Å². The molecule has 2 rings (SSSR count). The number of nitrogens with two attached hydrogens (primary N) is 1. The topological polar surface area (TPSA) is 85.1 Å². The van der Waals surface area contributed by atoms with Gasteiger partial charge in [-0.25, -0.2) is 18.1 Å². The quantitative estimate of drug-likeness (QED) is 0.850. The first-order valence-corrected chi connectivity index (χ1v) is 7.51. The normalized spacial score (nSPS) is 17.3. The third kappa shape index (κ3) is 2.36. The minimum Gasteiger partial charge on any atom is -0.375 e. The van der Waals surface area contributed by atoms with Crippen LogP contribution in [-0.4, -0.2) is 19.9 Å². The maximum absolute atomic E-state index is 11.9. The number of sulfonamides is 1. The molecule has 0 amide bonds. The number of nitrogens with zero attached hydrogens (tertiary/aromatic N) is 1. The molecule has 1 heterocycles. The van der Waals surface area contributed by atoms with Gasteiger partial charge in [0, 0.05) is 6.54 Å². The number of anilines is 1. The number of hydrogen-bond acceptors (Lipinski definition) is 5. The number of hydrogen-bond donors (Lipinski definition) is 2. The molecule has 0 radical (unpaired) electrons. The smallest absolute Gasteiger partial charge is 0.252 e. The Morgan fingerprint density at radius 3 is 2.69 bits per heavy atom. The Morgan fingerprint density at radius 2 is 2.25 bits per heavy atom. The van der Waals surface area contributed by atoms with Crippen LogP contribution in [0.15, 0.2) is 4.21 Å². The molecule has 3 N–H and O–H groups in total. The van der Waals surface area contributed by atoms with E-state index < -0.39 is 10.0 Å². The molecule has 90 valence electrons. The molecule has 0 atom stereocenters. The van der Waals surface area contributed by atoms with Gasteiger partial charge in [-0.2, -0.15) is 0 Å². The second kappa shape index (κ2) is 4.31. The fourth-order valence-corrected chi connectivity index (χ4v) is 4.10. The van der Waals surface area contributed by atoms with Gasteiger partial charge in [0.15, 0.2) is 9.34 Å². The van der Waals surface area contributed by atoms with E-state index in [1.165, 1.54) is 6.42 Å². The Morgan fingerprint density at radius 1 is 1.56 bits per heavy atom. The number of thiazole rings is 1. The summed E-state index contributed by atoms with van der Waals surface area (Å²) < 4.78 is 26.7. The van der Waals surface area contributed by atoms with E-state index in [1.54, 1.807) is 6.92 Å². The van der Waals surface area contributed by atoms with Gasteiger partial charge in [0.05, 0.1) is 5.69 Å². The lowest BCUT2D eigenvalue weighted by Gasteiger charge is -2.25. The number of nitrogen functional groups attached to an aromatic ring is 1. The molecule has 0 bridgehead atoms. The maximum Gasteiger partial charge on any atom is 0.252 e. The summed E-state index contributed by atoms with van der Waals surface area (Å²) in [6, 6.07) is 0. The van der Waals surface area contributed by atoms with Crippen LogP contribution < -0.4 is 10.5 Å². The lowest BCUT2D eigenvalue weighted by atomic mass is 9.86. The number of aromatic nitrogens is 1. The van der Waals surface area contributed by atoms with Crippen molar-refractivity contribution in [2.24, 2.45) is 5.92 Å². The van der Waals surface area contributed by atoms with Crippen molar-refractivity contribution in [3.8, 4) is 0 Å². The van der Waals surface area contributed by atoms with Crippen LogP contribution in [0.5, 0.6) is 0 Å². The molecule has 0 unspecified atom stereocenters. The highest BCUT2D eigenvalue weighted by atomic mass is 32.2. The Balaban J connectivity index is 2.08. The molecule has 1 saturated carbocycles. The van der Waals surface area contributed by atoms with Crippen molar-refractivity contribution in [2.75, 3.05) is 12.3 Å². The lowest BCUT2D eigenvalue weighted by Crippen LogP contribution is -2.32. The van der Waals surface area contributed by atoms with E-state index in [2.05, 4.69) is 9.71 Å². The highest BCUT2D eigenvalue weighted by Gasteiger charge is 2.24. The maximum atomic E-state index is 11.9. The van der Waals surface area contributed by atoms with E-state index >= 15 is 0 Å². The first-order valence-electron chi connectivity index (χ1n) is 5.21. The van der Waals surface area contributed by atoms with E-state index in [9.17, 15) is 8.42 Å². The molecule has 0 spiro atoms. The van der Waals surface area contributed by atoms with Crippen LogP contribution in [0.3, 0.4) is 0 Å². The molecule has 1 aromatic heterocycles. The zero-order chi connectivity index (χ0) is 11.8. The molecule has 0 aliphatic heterocycles. The minimum atomic E-state index is -3.42. The fourth-order valence-electron chi connectivity index (χ4n) is 1.64. The number of rotatable bonds is 4. The number of aryl methyl sites for hydroxylation is 1. The van der Waals surface area contributed by atoms with Crippen LogP contribution in [0.2, 0.25) is 0 Å². The summed E-state index contributed by atoms with van der Waals surface area (Å²) >= 11 is 1.01. The molecule has 1 aromatic rings. The van der Waals surface area contributed by atoms with Crippen LogP contribution in [-0.2, 0) is 10.0 Å². The first kappa shape index (κ1) is 11.8. The monoisotopic (exact) mass is 261 g/mol. The van der Waals surface area contributed by atoms with Gasteiger partial charge in [-0.1, -0.05) is 17.8 Å². The molecule has 5 nitrogen and oxygen atoms in total. The third-order valence-electron chi connectivity index (χ3n) is 2.80. The van der Waals surface area contributed by atoms with Crippen molar-refractivity contribution in [3.05, 3.63) is 5.69 Å². The second-order valence-electron chi connectivity index (χ2n) is 4.07. The van der Waals surface area contributed by atoms with Gasteiger partial charge in [-0.15, -0.1) is 0 Å². The largest absolute Gasteiger partial charge is 0.375 e. The van der Waals surface area contributed by atoms with Gasteiger partial charge >= 0.3 is 0 Å². The van der Waals surface area contributed by atoms with Gasteiger partial charge in [0.1, 0.15) is 0 Å². The van der Waals surface area contributed by atoms with Crippen LogP contribution in [0.1, 0.15) is 25.0 Å². The van der Waals surface area contributed by atoms with Crippen molar-refractivity contribution >= 4 is 26.5 Å². The summed E-state index contributed by atoms with van der Waals surface area (Å²) in [5.74, 6) is 0.500. The third-order valence-corrected chi connectivity index (χ3v) is 5.82. The predicted octanol–water partition coefficient (Wildman–Crippen LogP) is 1.11. The summed E-state index contributed by atoms with van der Waals surface area (Å²) in [5, 5.41) is 0.293. The van der Waals surface area contributed by atoms with Crippen LogP contribution in [0.4, 0.5) is 5.13 Å². The average Bonchev–Trinajstić information content (AvgIpc) is 2.43. The van der Waals surface area contributed by atoms with Crippen molar-refractivity contribution in [1.29, 1.82) is 0 Å². The highest BCUT2D eigenvalue weighted by molar-refractivity contribution is 7.91. The Bertz CT molecular complexity index is 477. The predicted molar refractivity (Wildman–Crippen MR) is 63.8 cm³/mol. The van der Waals surface area contributed by atoms with E-state index in [4.69, 9.17) is 5.73 Å². The summed E-state index contributed by atoms with van der Waals surface area (Å²) in [6.45, 7) is 2.18. The van der Waals surface area contributed by atoms with Gasteiger partial charge in [-0.05, 0) is 25.7 Å². The molecule has 1 fully saturated rings. The molecule has 0 aromatic carbocycles. The molecular formula is C9H15N3O2S2. The van der Waals surface area contributed by atoms with E-state index in [-0.39, 0.29) is 4.21 Å². The minimum absolute atomic E-state index is 0.240. The zero-order valence-electron chi connectivity index (χ0n) is 9.06. The van der Waals surface area contributed by atoms with Gasteiger partial charge in [0.2, 0.25) is 0 Å². The van der Waals surface area contributed by atoms with Gasteiger partial charge < -0.3 is 5.73 Å². The fraction of sp³-hybridized carbons (Fsp3) is 0.667. The molecule has 16 heavy (non-hydrogen) atoms. The second-order valence-corrected chi connectivity index (χ2v) is 7.07. The Hall–Kier alpha value is -0.660. The van der Waals surface area contributed by atoms with Crippen LogP contribution >= 0.6 is 11.3 Å². The van der Waals surface area contributed by atoms with Crippen molar-refractivity contribution < 1.29 is 8.42 Å². The van der Waals surface area contributed by atoms with Gasteiger partial charge in [0.25, 0.3) is 10.0 Å². The summed E-state index contributed by atoms with van der Waals surface area (Å²) in [4.78, 5) is 3.92. The molecule has 1 aliphatic carbocycles. The molecular weight excluding hydrogens is 246 g/mol. The van der Waals surface area contributed by atoms with Crippen LogP contribution in [0.25, 0.3) is 0 Å². The Kier molecular flexibility index (Phi) is 3.18. The molecule has 7 heteroatoms. The highest BCUT2D eigenvalue weighted by Crippen LogP contribution is 2.27. The van der Waals surface area contributed by atoms with Crippen LogP contribution in [0, 0.1) is 12.8 Å². The summed E-state index contributed by atoms with van der Waals surface area (Å²) in [5.41, 5.74) is 5.96.